The number of hydrogen-bond donors (Lipinski definition) is 0. The Morgan fingerprint density at radius 1 is 0.848 bits per heavy atom. The first-order valence-corrected chi connectivity index (χ1v) is 12.8. The molecule has 0 aromatic rings. The Morgan fingerprint density at radius 3 is 1.94 bits per heavy atom. The SMILES string of the molecule is CCOC(=O)[C@H]1CC[C@H](OC(C(=O)OC(C)(C)C)(N2CCCC2)N2CCC(OC)CC2)CC1. The second-order valence-electron chi connectivity index (χ2n) is 10.6. The van der Waals surface area contributed by atoms with Crippen LogP contribution in [0.2, 0.25) is 0 Å². The molecule has 0 radical (unpaired) electrons. The molecule has 2 aliphatic heterocycles. The van der Waals surface area contributed by atoms with Crippen LogP contribution in [0.1, 0.15) is 79.1 Å². The van der Waals surface area contributed by atoms with Gasteiger partial charge in [-0.1, -0.05) is 0 Å². The van der Waals surface area contributed by atoms with Crippen molar-refractivity contribution in [1.29, 1.82) is 0 Å². The molecule has 0 aromatic carbocycles. The van der Waals surface area contributed by atoms with Gasteiger partial charge in [-0.25, -0.2) is 4.79 Å². The van der Waals surface area contributed by atoms with Gasteiger partial charge in [0, 0.05) is 33.3 Å². The first kappa shape index (κ1) is 26.4. The molecule has 0 spiro atoms. The minimum Gasteiger partial charge on any atom is -0.466 e. The van der Waals surface area contributed by atoms with Gasteiger partial charge in [0.2, 0.25) is 0 Å². The van der Waals surface area contributed by atoms with Crippen molar-refractivity contribution < 1.29 is 28.5 Å². The summed E-state index contributed by atoms with van der Waals surface area (Å²) in [6.45, 7) is 11.0. The van der Waals surface area contributed by atoms with Crippen molar-refractivity contribution in [3.05, 3.63) is 0 Å². The van der Waals surface area contributed by atoms with Crippen molar-refractivity contribution in [3.8, 4) is 0 Å². The zero-order chi connectivity index (χ0) is 24.1. The summed E-state index contributed by atoms with van der Waals surface area (Å²) < 4.78 is 23.7. The van der Waals surface area contributed by atoms with Crippen LogP contribution in [0.15, 0.2) is 0 Å². The molecular weight excluding hydrogens is 424 g/mol. The molecule has 33 heavy (non-hydrogen) atoms. The lowest BCUT2D eigenvalue weighted by atomic mass is 9.87. The molecule has 3 fully saturated rings. The Balaban J connectivity index is 1.83. The van der Waals surface area contributed by atoms with Crippen LogP contribution in [0.25, 0.3) is 0 Å². The Labute approximate surface area is 199 Å². The molecule has 0 amide bonds. The molecule has 1 unspecified atom stereocenters. The highest BCUT2D eigenvalue weighted by Gasteiger charge is 2.55. The van der Waals surface area contributed by atoms with Crippen LogP contribution in [0.4, 0.5) is 0 Å². The van der Waals surface area contributed by atoms with Crippen LogP contribution < -0.4 is 0 Å². The average molecular weight is 469 g/mol. The van der Waals surface area contributed by atoms with Crippen molar-refractivity contribution in [3.63, 3.8) is 0 Å². The highest BCUT2D eigenvalue weighted by Crippen LogP contribution is 2.37. The van der Waals surface area contributed by atoms with E-state index in [9.17, 15) is 9.59 Å². The zero-order valence-electron chi connectivity index (χ0n) is 21.3. The first-order valence-electron chi connectivity index (χ1n) is 12.8. The van der Waals surface area contributed by atoms with Gasteiger partial charge < -0.3 is 18.9 Å². The maximum atomic E-state index is 13.9. The monoisotopic (exact) mass is 468 g/mol. The summed E-state index contributed by atoms with van der Waals surface area (Å²) in [6.07, 6.45) is 6.80. The summed E-state index contributed by atoms with van der Waals surface area (Å²) in [6, 6.07) is 0. The van der Waals surface area contributed by atoms with Crippen molar-refractivity contribution in [2.45, 2.75) is 103 Å². The molecule has 8 nitrogen and oxygen atoms in total. The fraction of sp³-hybridized carbons (Fsp3) is 0.920. The van der Waals surface area contributed by atoms with Crippen LogP contribution in [0.3, 0.4) is 0 Å². The summed E-state index contributed by atoms with van der Waals surface area (Å²) in [4.78, 5) is 30.5. The summed E-state index contributed by atoms with van der Waals surface area (Å²) >= 11 is 0. The summed E-state index contributed by atoms with van der Waals surface area (Å²) in [5.74, 6) is -1.75. The molecule has 8 heteroatoms. The Bertz CT molecular complexity index is 644. The van der Waals surface area contributed by atoms with E-state index in [1.165, 1.54) is 0 Å². The number of nitrogens with zero attached hydrogens (tertiary/aromatic N) is 2. The molecule has 1 aliphatic carbocycles. The van der Waals surface area contributed by atoms with Gasteiger partial charge in [-0.15, -0.1) is 0 Å². The number of ether oxygens (including phenoxy) is 4. The summed E-state index contributed by atoms with van der Waals surface area (Å²) in [7, 11) is 1.75. The minimum atomic E-state index is -1.23. The number of rotatable bonds is 8. The molecule has 1 atom stereocenters. The fourth-order valence-electron chi connectivity index (χ4n) is 5.32. The Morgan fingerprint density at radius 2 is 1.42 bits per heavy atom. The standard InChI is InChI=1S/C25H44N2O6/c1-6-31-22(28)19-9-11-21(12-10-19)32-25(26-15-7-8-16-26,23(29)33-24(2,3)4)27-17-13-20(30-5)14-18-27/h19-21H,6-18H2,1-5H3/t19-,21-,25?. The van der Waals surface area contributed by atoms with E-state index in [1.54, 1.807) is 7.11 Å². The third kappa shape index (κ3) is 6.47. The second-order valence-corrected chi connectivity index (χ2v) is 10.6. The van der Waals surface area contributed by atoms with Gasteiger partial charge in [0.15, 0.2) is 0 Å². The minimum absolute atomic E-state index is 0.0787. The van der Waals surface area contributed by atoms with Crippen molar-refractivity contribution in [2.75, 3.05) is 39.9 Å². The zero-order valence-corrected chi connectivity index (χ0v) is 21.3. The van der Waals surface area contributed by atoms with Gasteiger partial charge >= 0.3 is 11.9 Å². The van der Waals surface area contributed by atoms with E-state index in [0.717, 1.165) is 64.5 Å². The highest BCUT2D eigenvalue weighted by atomic mass is 16.6. The molecule has 2 heterocycles. The molecular formula is C25H44N2O6. The maximum Gasteiger partial charge on any atom is 0.371 e. The number of carbonyl (C=O) groups excluding carboxylic acids is 2. The van der Waals surface area contributed by atoms with Crippen LogP contribution in [-0.4, -0.2) is 85.3 Å². The van der Waals surface area contributed by atoms with Crippen LogP contribution in [0.5, 0.6) is 0 Å². The summed E-state index contributed by atoms with van der Waals surface area (Å²) in [5, 5.41) is 0. The van der Waals surface area contributed by atoms with E-state index in [2.05, 4.69) is 9.80 Å². The lowest BCUT2D eigenvalue weighted by molar-refractivity contribution is -0.282. The number of likely N-dealkylation sites (tertiary alicyclic amines) is 2. The van der Waals surface area contributed by atoms with E-state index in [4.69, 9.17) is 18.9 Å². The van der Waals surface area contributed by atoms with Crippen LogP contribution in [0, 0.1) is 5.92 Å². The molecule has 0 aromatic heterocycles. The number of piperidine rings is 1. The van der Waals surface area contributed by atoms with Gasteiger partial charge in [0.1, 0.15) is 5.60 Å². The third-order valence-corrected chi connectivity index (χ3v) is 7.03. The largest absolute Gasteiger partial charge is 0.466 e. The van der Waals surface area contributed by atoms with Gasteiger partial charge in [-0.3, -0.25) is 14.6 Å². The molecule has 3 rings (SSSR count). The molecule has 190 valence electrons. The van der Waals surface area contributed by atoms with Gasteiger partial charge in [-0.2, -0.15) is 0 Å². The van der Waals surface area contributed by atoms with Crippen LogP contribution in [-0.2, 0) is 28.5 Å². The number of carbonyl (C=O) groups is 2. The van der Waals surface area contributed by atoms with E-state index in [0.29, 0.717) is 19.7 Å². The quantitative estimate of drug-likeness (QED) is 0.502. The van der Waals surface area contributed by atoms with Gasteiger partial charge in [-0.05, 0) is 79.1 Å². The van der Waals surface area contributed by atoms with E-state index >= 15 is 0 Å². The maximum absolute atomic E-state index is 13.9. The predicted molar refractivity (Wildman–Crippen MR) is 124 cm³/mol. The predicted octanol–water partition coefficient (Wildman–Crippen LogP) is 3.33. The van der Waals surface area contributed by atoms with Crippen molar-refractivity contribution >= 4 is 11.9 Å². The van der Waals surface area contributed by atoms with Gasteiger partial charge in [0.25, 0.3) is 5.85 Å². The number of esters is 2. The van der Waals surface area contributed by atoms with Crippen molar-refractivity contribution in [1.82, 2.24) is 9.80 Å². The third-order valence-electron chi connectivity index (χ3n) is 7.03. The van der Waals surface area contributed by atoms with Crippen molar-refractivity contribution in [2.24, 2.45) is 5.92 Å². The number of methoxy groups -OCH3 is 1. The van der Waals surface area contributed by atoms with E-state index < -0.39 is 11.4 Å². The molecule has 2 saturated heterocycles. The summed E-state index contributed by atoms with van der Waals surface area (Å²) in [5.41, 5.74) is -0.613. The topological polar surface area (TPSA) is 77.5 Å². The molecule has 0 N–H and O–H groups in total. The van der Waals surface area contributed by atoms with Crippen LogP contribution >= 0.6 is 0 Å². The van der Waals surface area contributed by atoms with Gasteiger partial charge in [0.05, 0.1) is 24.7 Å². The first-order chi connectivity index (χ1) is 15.7. The molecule has 3 aliphatic rings. The average Bonchev–Trinajstić information content (AvgIpc) is 3.32. The highest BCUT2D eigenvalue weighted by molar-refractivity contribution is 5.79. The Hall–Kier alpha value is -1.22. The van der Waals surface area contributed by atoms with E-state index in [-0.39, 0.29) is 30.1 Å². The molecule has 0 bridgehead atoms. The lowest BCUT2D eigenvalue weighted by Crippen LogP contribution is -2.70. The second kappa shape index (κ2) is 11.5. The fourth-order valence-corrected chi connectivity index (χ4v) is 5.32. The smallest absolute Gasteiger partial charge is 0.371 e. The normalized spacial score (nSPS) is 27.8. The Kier molecular flexibility index (Phi) is 9.17. The van der Waals surface area contributed by atoms with E-state index in [1.807, 2.05) is 27.7 Å². The lowest BCUT2D eigenvalue weighted by Gasteiger charge is -2.51. The molecule has 1 saturated carbocycles. The number of hydrogen-bond acceptors (Lipinski definition) is 8.